The number of nitrogens with zero attached hydrogens (tertiary/aromatic N) is 2. The van der Waals surface area contributed by atoms with Gasteiger partial charge in [-0.2, -0.15) is 0 Å². The van der Waals surface area contributed by atoms with Crippen LogP contribution in [0, 0.1) is 10.1 Å². The second-order valence-electron chi connectivity index (χ2n) is 5.17. The molecule has 1 atom stereocenters. The molecule has 6 heteroatoms. The second-order valence-corrected chi connectivity index (χ2v) is 5.17. The quantitative estimate of drug-likeness (QED) is 0.668. The average Bonchev–Trinajstić information content (AvgIpc) is 2.37. The van der Waals surface area contributed by atoms with E-state index in [2.05, 4.69) is 0 Å². The van der Waals surface area contributed by atoms with E-state index < -0.39 is 10.5 Å². The Balaban J connectivity index is 2.33. The predicted molar refractivity (Wildman–Crippen MR) is 71.7 cm³/mol. The lowest BCUT2D eigenvalue weighted by Crippen LogP contribution is -2.46. The molecule has 0 radical (unpaired) electrons. The van der Waals surface area contributed by atoms with E-state index >= 15 is 0 Å². The molecule has 0 saturated carbocycles. The summed E-state index contributed by atoms with van der Waals surface area (Å²) in [5.41, 5.74) is -0.0404. The summed E-state index contributed by atoms with van der Waals surface area (Å²) in [4.78, 5) is 12.4. The molecule has 1 N–H and O–H groups in total. The highest BCUT2D eigenvalue weighted by atomic mass is 16.6. The molecule has 0 aliphatic carbocycles. The second kappa shape index (κ2) is 5.05. The van der Waals surface area contributed by atoms with Crippen LogP contribution in [0.25, 0.3) is 0 Å². The Morgan fingerprint density at radius 1 is 1.47 bits per heavy atom. The van der Waals surface area contributed by atoms with Crippen molar-refractivity contribution in [3.63, 3.8) is 0 Å². The summed E-state index contributed by atoms with van der Waals surface area (Å²) in [7, 11) is 1.48. The van der Waals surface area contributed by atoms with Crippen molar-refractivity contribution in [3.8, 4) is 5.75 Å². The van der Waals surface area contributed by atoms with Crippen LogP contribution in [0.5, 0.6) is 5.75 Å². The Labute approximate surface area is 111 Å². The molecule has 19 heavy (non-hydrogen) atoms. The van der Waals surface area contributed by atoms with Gasteiger partial charge in [0.05, 0.1) is 23.7 Å². The first-order valence-corrected chi connectivity index (χ1v) is 6.22. The van der Waals surface area contributed by atoms with Crippen molar-refractivity contribution < 1.29 is 14.8 Å². The fourth-order valence-corrected chi connectivity index (χ4v) is 2.41. The number of rotatable bonds is 3. The highest BCUT2D eigenvalue weighted by molar-refractivity contribution is 5.58. The molecule has 0 aromatic heterocycles. The van der Waals surface area contributed by atoms with Crippen molar-refractivity contribution in [1.82, 2.24) is 0 Å². The van der Waals surface area contributed by atoms with Crippen LogP contribution in [0.15, 0.2) is 18.2 Å². The van der Waals surface area contributed by atoms with Gasteiger partial charge in [0.1, 0.15) is 5.75 Å². The van der Waals surface area contributed by atoms with Gasteiger partial charge in [0.25, 0.3) is 5.69 Å². The van der Waals surface area contributed by atoms with Gasteiger partial charge in [0, 0.05) is 30.9 Å². The van der Waals surface area contributed by atoms with E-state index in [9.17, 15) is 15.2 Å². The zero-order chi connectivity index (χ0) is 14.0. The normalized spacial score (nSPS) is 23.2. The van der Waals surface area contributed by atoms with Gasteiger partial charge in [-0.3, -0.25) is 10.1 Å². The van der Waals surface area contributed by atoms with Crippen LogP contribution in [0.4, 0.5) is 11.4 Å². The number of ether oxygens (including phenoxy) is 1. The van der Waals surface area contributed by atoms with Crippen molar-refractivity contribution in [2.24, 2.45) is 0 Å². The molecular weight excluding hydrogens is 248 g/mol. The summed E-state index contributed by atoms with van der Waals surface area (Å²) >= 11 is 0. The number of anilines is 1. The molecule has 1 aromatic carbocycles. The molecule has 1 aliphatic rings. The lowest BCUT2D eigenvalue weighted by molar-refractivity contribution is -0.384. The van der Waals surface area contributed by atoms with Crippen molar-refractivity contribution in [1.29, 1.82) is 0 Å². The number of β-amino-alcohol motifs (C(OH)–C–C–N with tert-alkyl or cyclic N) is 1. The van der Waals surface area contributed by atoms with Crippen LogP contribution in [0.1, 0.15) is 19.8 Å². The molecule has 1 heterocycles. The number of aliphatic hydroxyl groups is 1. The Bertz CT molecular complexity index is 488. The number of hydrogen-bond acceptors (Lipinski definition) is 5. The van der Waals surface area contributed by atoms with Crippen LogP contribution in [-0.4, -0.2) is 35.8 Å². The van der Waals surface area contributed by atoms with Gasteiger partial charge in [-0.25, -0.2) is 0 Å². The van der Waals surface area contributed by atoms with Gasteiger partial charge >= 0.3 is 0 Å². The molecule has 1 unspecified atom stereocenters. The standard InChI is InChI=1S/C13H18N2O4/c1-13(16)4-3-5-14(9-13)10-6-11(15(17)18)8-12(7-10)19-2/h6-8,16H,3-5,9H2,1-2H3. The average molecular weight is 266 g/mol. The molecule has 0 bridgehead atoms. The van der Waals surface area contributed by atoms with Gasteiger partial charge in [-0.1, -0.05) is 0 Å². The van der Waals surface area contributed by atoms with Gasteiger partial charge in [0.15, 0.2) is 0 Å². The Hall–Kier alpha value is -1.82. The lowest BCUT2D eigenvalue weighted by Gasteiger charge is -2.38. The van der Waals surface area contributed by atoms with Crippen LogP contribution in [-0.2, 0) is 0 Å². The van der Waals surface area contributed by atoms with E-state index in [1.165, 1.54) is 19.2 Å². The summed E-state index contributed by atoms with van der Waals surface area (Å²) in [6.45, 7) is 3.03. The monoisotopic (exact) mass is 266 g/mol. The van der Waals surface area contributed by atoms with Crippen LogP contribution in [0.2, 0.25) is 0 Å². The number of benzene rings is 1. The SMILES string of the molecule is COc1cc(N2CCCC(C)(O)C2)cc([N+](=O)[O-])c1. The van der Waals surface area contributed by atoms with Crippen molar-refractivity contribution in [2.75, 3.05) is 25.1 Å². The zero-order valence-corrected chi connectivity index (χ0v) is 11.1. The summed E-state index contributed by atoms with van der Waals surface area (Å²) in [5, 5.41) is 21.0. The molecule has 1 fully saturated rings. The highest BCUT2D eigenvalue weighted by Crippen LogP contribution is 2.31. The first-order chi connectivity index (χ1) is 8.91. The first kappa shape index (κ1) is 13.6. The molecule has 104 valence electrons. The highest BCUT2D eigenvalue weighted by Gasteiger charge is 2.29. The molecule has 2 rings (SSSR count). The Kier molecular flexibility index (Phi) is 3.61. The summed E-state index contributed by atoms with van der Waals surface area (Å²) < 4.78 is 5.09. The van der Waals surface area contributed by atoms with Gasteiger partial charge in [-0.05, 0) is 19.8 Å². The minimum atomic E-state index is -0.754. The van der Waals surface area contributed by atoms with E-state index in [-0.39, 0.29) is 5.69 Å². The first-order valence-electron chi connectivity index (χ1n) is 6.22. The molecule has 6 nitrogen and oxygen atoms in total. The molecule has 0 spiro atoms. The minimum Gasteiger partial charge on any atom is -0.496 e. The maximum atomic E-state index is 10.9. The van der Waals surface area contributed by atoms with E-state index in [0.717, 1.165) is 19.4 Å². The fourth-order valence-electron chi connectivity index (χ4n) is 2.41. The smallest absolute Gasteiger partial charge is 0.275 e. The number of nitro groups is 1. The largest absolute Gasteiger partial charge is 0.496 e. The summed E-state index contributed by atoms with van der Waals surface area (Å²) in [5.74, 6) is 0.453. The molecular formula is C13H18N2O4. The van der Waals surface area contributed by atoms with Crippen molar-refractivity contribution >= 4 is 11.4 Å². The molecule has 1 saturated heterocycles. The fraction of sp³-hybridized carbons (Fsp3) is 0.538. The Morgan fingerprint density at radius 3 is 2.79 bits per heavy atom. The van der Waals surface area contributed by atoms with E-state index in [0.29, 0.717) is 18.0 Å². The maximum absolute atomic E-state index is 10.9. The zero-order valence-electron chi connectivity index (χ0n) is 11.1. The number of nitro benzene ring substituents is 1. The number of non-ortho nitro benzene ring substituents is 1. The number of hydrogen-bond donors (Lipinski definition) is 1. The van der Waals surface area contributed by atoms with E-state index in [1.807, 2.05) is 4.90 Å². The predicted octanol–water partition coefficient (Wildman–Crippen LogP) is 1.95. The topological polar surface area (TPSA) is 75.8 Å². The van der Waals surface area contributed by atoms with E-state index in [1.54, 1.807) is 13.0 Å². The lowest BCUT2D eigenvalue weighted by atomic mass is 9.95. The third kappa shape index (κ3) is 3.14. The maximum Gasteiger partial charge on any atom is 0.275 e. The van der Waals surface area contributed by atoms with Crippen LogP contribution < -0.4 is 9.64 Å². The minimum absolute atomic E-state index is 0.000402. The third-order valence-corrected chi connectivity index (χ3v) is 3.36. The third-order valence-electron chi connectivity index (χ3n) is 3.36. The van der Waals surface area contributed by atoms with Crippen molar-refractivity contribution in [2.45, 2.75) is 25.4 Å². The van der Waals surface area contributed by atoms with Crippen LogP contribution in [0.3, 0.4) is 0 Å². The molecule has 0 amide bonds. The van der Waals surface area contributed by atoms with Crippen molar-refractivity contribution in [3.05, 3.63) is 28.3 Å². The number of piperidine rings is 1. The summed E-state index contributed by atoms with van der Waals surface area (Å²) in [6, 6.07) is 4.67. The van der Waals surface area contributed by atoms with Gasteiger partial charge < -0.3 is 14.7 Å². The summed E-state index contributed by atoms with van der Waals surface area (Å²) in [6.07, 6.45) is 1.60. The van der Waals surface area contributed by atoms with E-state index in [4.69, 9.17) is 4.74 Å². The van der Waals surface area contributed by atoms with Gasteiger partial charge in [0.2, 0.25) is 0 Å². The molecule has 1 aromatic rings. The molecule has 1 aliphatic heterocycles. The van der Waals surface area contributed by atoms with Crippen LogP contribution >= 0.6 is 0 Å². The Morgan fingerprint density at radius 2 is 2.21 bits per heavy atom. The number of methoxy groups -OCH3 is 1. The van der Waals surface area contributed by atoms with Gasteiger partial charge in [-0.15, -0.1) is 0 Å².